The van der Waals surface area contributed by atoms with Gasteiger partial charge in [-0.05, 0) is 23.3 Å². The van der Waals surface area contributed by atoms with Gasteiger partial charge in [-0.1, -0.05) is 52.3 Å². The third kappa shape index (κ3) is 3.06. The van der Waals surface area contributed by atoms with Crippen molar-refractivity contribution < 1.29 is 5.11 Å². The van der Waals surface area contributed by atoms with Gasteiger partial charge >= 0.3 is 0 Å². The summed E-state index contributed by atoms with van der Waals surface area (Å²) in [6.07, 6.45) is 1.81. The van der Waals surface area contributed by atoms with Crippen LogP contribution in [0.5, 0.6) is 0 Å². The topological polar surface area (TPSA) is 45.1 Å². The summed E-state index contributed by atoms with van der Waals surface area (Å²) in [5.41, 5.74) is 2.04. The van der Waals surface area contributed by atoms with E-state index in [0.717, 1.165) is 32.2 Å². The van der Waals surface area contributed by atoms with E-state index in [2.05, 4.69) is 32.3 Å². The van der Waals surface area contributed by atoms with Gasteiger partial charge in [0.2, 0.25) is 0 Å². The number of halogens is 1. The zero-order valence-electron chi connectivity index (χ0n) is 11.4. The maximum atomic E-state index is 9.18. The molecular weight excluding hydrogens is 328 g/mol. The van der Waals surface area contributed by atoms with Crippen molar-refractivity contribution >= 4 is 32.5 Å². The molecule has 0 atom stereocenters. The number of fused-ring (bicyclic) bond motifs is 1. The second kappa shape index (κ2) is 6.24. The lowest BCUT2D eigenvalue weighted by Gasteiger charge is -2.10. The maximum absolute atomic E-state index is 9.18. The zero-order valence-corrected chi connectivity index (χ0v) is 13.0. The molecular formula is C17H15BrN2O. The molecule has 0 fully saturated rings. The second-order valence-corrected chi connectivity index (χ2v) is 5.68. The minimum atomic E-state index is 0.0628. The fourth-order valence-electron chi connectivity index (χ4n) is 2.33. The van der Waals surface area contributed by atoms with Crippen LogP contribution in [0, 0.1) is 0 Å². The molecule has 1 aromatic heterocycles. The Morgan fingerprint density at radius 2 is 1.81 bits per heavy atom. The molecule has 0 aliphatic heterocycles. The number of hydrogen-bond acceptors (Lipinski definition) is 3. The highest BCUT2D eigenvalue weighted by molar-refractivity contribution is 9.10. The van der Waals surface area contributed by atoms with Gasteiger partial charge in [0.15, 0.2) is 0 Å². The van der Waals surface area contributed by atoms with E-state index in [1.807, 2.05) is 42.5 Å². The SMILES string of the molecule is OCc1cccc(CNc2nccc3c(Br)cccc23)c1. The van der Waals surface area contributed by atoms with Crippen LogP contribution in [0.4, 0.5) is 5.82 Å². The number of aliphatic hydroxyl groups excluding tert-OH is 1. The van der Waals surface area contributed by atoms with Crippen LogP contribution in [-0.4, -0.2) is 10.1 Å². The van der Waals surface area contributed by atoms with E-state index in [1.54, 1.807) is 6.20 Å². The minimum Gasteiger partial charge on any atom is -0.392 e. The Hall–Kier alpha value is -1.91. The fraction of sp³-hybridized carbons (Fsp3) is 0.118. The molecule has 0 unspecified atom stereocenters. The molecule has 0 radical (unpaired) electrons. The van der Waals surface area contributed by atoms with Crippen LogP contribution < -0.4 is 5.32 Å². The predicted octanol–water partition coefficient (Wildman–Crippen LogP) is 4.10. The number of nitrogens with one attached hydrogen (secondary N) is 1. The molecule has 2 N–H and O–H groups in total. The Morgan fingerprint density at radius 1 is 1.00 bits per heavy atom. The van der Waals surface area contributed by atoms with Gasteiger partial charge in [0.05, 0.1) is 6.61 Å². The first-order valence-corrected chi connectivity index (χ1v) is 7.53. The number of nitrogens with zero attached hydrogens (tertiary/aromatic N) is 1. The molecule has 3 aromatic rings. The van der Waals surface area contributed by atoms with Gasteiger partial charge in [-0.25, -0.2) is 4.98 Å². The monoisotopic (exact) mass is 342 g/mol. The van der Waals surface area contributed by atoms with Crippen molar-refractivity contribution in [3.05, 3.63) is 70.3 Å². The van der Waals surface area contributed by atoms with Crippen LogP contribution in [0.3, 0.4) is 0 Å². The van der Waals surface area contributed by atoms with Gasteiger partial charge in [0.1, 0.15) is 5.82 Å². The number of hydrogen-bond donors (Lipinski definition) is 2. The molecule has 3 nitrogen and oxygen atoms in total. The van der Waals surface area contributed by atoms with Crippen molar-refractivity contribution in [3.63, 3.8) is 0 Å². The molecule has 0 saturated heterocycles. The Balaban J connectivity index is 1.87. The van der Waals surface area contributed by atoms with Crippen molar-refractivity contribution in [1.82, 2.24) is 4.98 Å². The van der Waals surface area contributed by atoms with Crippen molar-refractivity contribution in [2.75, 3.05) is 5.32 Å². The molecule has 106 valence electrons. The van der Waals surface area contributed by atoms with Crippen LogP contribution in [0.15, 0.2) is 59.2 Å². The van der Waals surface area contributed by atoms with Crippen LogP contribution in [-0.2, 0) is 13.2 Å². The lowest BCUT2D eigenvalue weighted by atomic mass is 10.1. The molecule has 3 rings (SSSR count). The Labute approximate surface area is 131 Å². The quantitative estimate of drug-likeness (QED) is 0.750. The van der Waals surface area contributed by atoms with Crippen LogP contribution in [0.2, 0.25) is 0 Å². The van der Waals surface area contributed by atoms with Gasteiger partial charge in [0, 0.05) is 28.0 Å². The summed E-state index contributed by atoms with van der Waals surface area (Å²) in [6, 6.07) is 16.0. The molecule has 21 heavy (non-hydrogen) atoms. The number of pyridine rings is 1. The van der Waals surface area contributed by atoms with Crippen molar-refractivity contribution in [2.24, 2.45) is 0 Å². The highest BCUT2D eigenvalue weighted by atomic mass is 79.9. The van der Waals surface area contributed by atoms with Gasteiger partial charge in [-0.2, -0.15) is 0 Å². The lowest BCUT2D eigenvalue weighted by Crippen LogP contribution is -2.02. The summed E-state index contributed by atoms with van der Waals surface area (Å²) in [6.45, 7) is 0.736. The Kier molecular flexibility index (Phi) is 4.18. The Morgan fingerprint density at radius 3 is 2.67 bits per heavy atom. The van der Waals surface area contributed by atoms with E-state index < -0.39 is 0 Å². The summed E-state index contributed by atoms with van der Waals surface area (Å²) in [5, 5.41) is 14.8. The van der Waals surface area contributed by atoms with Gasteiger partial charge in [0.25, 0.3) is 0 Å². The maximum Gasteiger partial charge on any atom is 0.134 e. The van der Waals surface area contributed by atoms with Crippen molar-refractivity contribution in [3.8, 4) is 0 Å². The van der Waals surface area contributed by atoms with E-state index in [4.69, 9.17) is 0 Å². The second-order valence-electron chi connectivity index (χ2n) is 4.83. The largest absolute Gasteiger partial charge is 0.392 e. The Bertz CT molecular complexity index is 774. The van der Waals surface area contributed by atoms with E-state index in [-0.39, 0.29) is 6.61 Å². The highest BCUT2D eigenvalue weighted by Gasteiger charge is 2.04. The van der Waals surface area contributed by atoms with E-state index in [1.165, 1.54) is 0 Å². The average molecular weight is 343 g/mol. The van der Waals surface area contributed by atoms with Crippen LogP contribution in [0.1, 0.15) is 11.1 Å². The lowest BCUT2D eigenvalue weighted by molar-refractivity contribution is 0.281. The number of rotatable bonds is 4. The first-order chi connectivity index (χ1) is 10.3. The van der Waals surface area contributed by atoms with Crippen LogP contribution >= 0.6 is 15.9 Å². The predicted molar refractivity (Wildman–Crippen MR) is 89.1 cm³/mol. The van der Waals surface area contributed by atoms with E-state index >= 15 is 0 Å². The molecule has 2 aromatic carbocycles. The standard InChI is InChI=1S/C17H15BrN2O/c18-16-6-2-5-15-14(16)7-8-19-17(15)20-10-12-3-1-4-13(9-12)11-21/h1-9,21H,10-11H2,(H,19,20). The van der Waals surface area contributed by atoms with Crippen molar-refractivity contribution in [1.29, 1.82) is 0 Å². The van der Waals surface area contributed by atoms with Gasteiger partial charge < -0.3 is 10.4 Å². The molecule has 4 heteroatoms. The summed E-state index contributed by atoms with van der Waals surface area (Å²) >= 11 is 3.56. The normalized spacial score (nSPS) is 10.8. The number of anilines is 1. The minimum absolute atomic E-state index is 0.0628. The molecule has 0 amide bonds. The summed E-state index contributed by atoms with van der Waals surface area (Å²) in [7, 11) is 0. The van der Waals surface area contributed by atoms with Crippen molar-refractivity contribution in [2.45, 2.75) is 13.2 Å². The number of aliphatic hydroxyl groups is 1. The fourth-order valence-corrected chi connectivity index (χ4v) is 2.83. The third-order valence-corrected chi connectivity index (χ3v) is 4.08. The molecule has 0 bridgehead atoms. The van der Waals surface area contributed by atoms with Crippen LogP contribution in [0.25, 0.3) is 10.8 Å². The molecule has 0 spiro atoms. The molecule has 1 heterocycles. The zero-order chi connectivity index (χ0) is 14.7. The number of benzene rings is 2. The molecule has 0 saturated carbocycles. The van der Waals surface area contributed by atoms with E-state index in [9.17, 15) is 5.11 Å². The van der Waals surface area contributed by atoms with Gasteiger partial charge in [-0.3, -0.25) is 0 Å². The molecule has 0 aliphatic rings. The van der Waals surface area contributed by atoms with Gasteiger partial charge in [-0.15, -0.1) is 0 Å². The van der Waals surface area contributed by atoms with E-state index in [0.29, 0.717) is 6.54 Å². The summed E-state index contributed by atoms with van der Waals surface area (Å²) < 4.78 is 1.06. The first kappa shape index (κ1) is 14.0. The third-order valence-electron chi connectivity index (χ3n) is 3.39. The molecule has 0 aliphatic carbocycles. The average Bonchev–Trinajstić information content (AvgIpc) is 2.53. The highest BCUT2D eigenvalue weighted by Crippen LogP contribution is 2.27. The first-order valence-electron chi connectivity index (χ1n) is 6.74. The summed E-state index contributed by atoms with van der Waals surface area (Å²) in [5.74, 6) is 0.864. The summed E-state index contributed by atoms with van der Waals surface area (Å²) in [4.78, 5) is 4.42. The number of aromatic nitrogens is 1. The smallest absolute Gasteiger partial charge is 0.134 e.